The summed E-state index contributed by atoms with van der Waals surface area (Å²) in [7, 11) is 2.09. The monoisotopic (exact) mass is 406 g/mol. The Morgan fingerprint density at radius 1 is 1.07 bits per heavy atom. The molecule has 0 aliphatic carbocycles. The third-order valence-electron chi connectivity index (χ3n) is 6.71. The Balaban J connectivity index is 1.40. The molecule has 2 aliphatic heterocycles. The van der Waals surface area contributed by atoms with Gasteiger partial charge < -0.3 is 19.1 Å². The van der Waals surface area contributed by atoms with Crippen molar-refractivity contribution < 1.29 is 4.74 Å². The number of benzene rings is 1. The normalized spacial score (nSPS) is 21.2. The van der Waals surface area contributed by atoms with Crippen LogP contribution in [-0.4, -0.2) is 58.9 Å². The van der Waals surface area contributed by atoms with Crippen LogP contribution in [0.25, 0.3) is 10.9 Å². The summed E-state index contributed by atoms with van der Waals surface area (Å²) >= 11 is 0. The molecular formula is C23H30N6O. The van der Waals surface area contributed by atoms with Crippen LogP contribution < -0.4 is 9.80 Å². The summed E-state index contributed by atoms with van der Waals surface area (Å²) in [5.74, 6) is 3.22. The maximum Gasteiger partial charge on any atom is 0.139 e. The Hall–Kier alpha value is -2.67. The van der Waals surface area contributed by atoms with E-state index >= 15 is 0 Å². The van der Waals surface area contributed by atoms with Gasteiger partial charge in [0.1, 0.15) is 18.0 Å². The van der Waals surface area contributed by atoms with Crippen LogP contribution in [0, 0.1) is 5.92 Å². The minimum atomic E-state index is 0.425. The Bertz CT molecular complexity index is 1010. The van der Waals surface area contributed by atoms with Gasteiger partial charge in [-0.1, -0.05) is 6.92 Å². The Labute approximate surface area is 177 Å². The molecule has 0 saturated carbocycles. The quantitative estimate of drug-likeness (QED) is 0.663. The van der Waals surface area contributed by atoms with E-state index in [1.807, 2.05) is 12.4 Å². The minimum Gasteiger partial charge on any atom is -0.378 e. The topological polar surface area (TPSA) is 59.3 Å². The molecule has 7 heteroatoms. The number of rotatable bonds is 4. The van der Waals surface area contributed by atoms with Crippen molar-refractivity contribution in [2.75, 3.05) is 49.2 Å². The number of hydrogen-bond donors (Lipinski definition) is 0. The Morgan fingerprint density at radius 2 is 1.93 bits per heavy atom. The number of ether oxygens (including phenoxy) is 1. The van der Waals surface area contributed by atoms with Crippen molar-refractivity contribution >= 4 is 22.4 Å². The van der Waals surface area contributed by atoms with Crippen molar-refractivity contribution in [1.82, 2.24) is 19.5 Å². The van der Waals surface area contributed by atoms with Crippen LogP contribution in [0.1, 0.15) is 31.5 Å². The summed E-state index contributed by atoms with van der Waals surface area (Å²) in [5.41, 5.74) is 2.23. The molecule has 2 saturated heterocycles. The lowest BCUT2D eigenvalue weighted by molar-refractivity contribution is 0.122. The van der Waals surface area contributed by atoms with Crippen molar-refractivity contribution in [2.24, 2.45) is 13.0 Å². The molecule has 0 spiro atoms. The largest absolute Gasteiger partial charge is 0.378 e. The third-order valence-corrected chi connectivity index (χ3v) is 6.71. The number of anilines is 2. The molecule has 2 atom stereocenters. The van der Waals surface area contributed by atoms with Crippen molar-refractivity contribution in [3.63, 3.8) is 0 Å². The van der Waals surface area contributed by atoms with E-state index in [-0.39, 0.29) is 0 Å². The van der Waals surface area contributed by atoms with Crippen LogP contribution >= 0.6 is 0 Å². The maximum absolute atomic E-state index is 5.49. The van der Waals surface area contributed by atoms with Gasteiger partial charge in [0.2, 0.25) is 0 Å². The Morgan fingerprint density at radius 3 is 2.73 bits per heavy atom. The molecule has 5 rings (SSSR count). The van der Waals surface area contributed by atoms with Crippen molar-refractivity contribution in [3.8, 4) is 0 Å². The van der Waals surface area contributed by atoms with Crippen molar-refractivity contribution in [2.45, 2.75) is 25.7 Å². The molecule has 2 aromatic heterocycles. The van der Waals surface area contributed by atoms with Gasteiger partial charge in [-0.25, -0.2) is 15.0 Å². The summed E-state index contributed by atoms with van der Waals surface area (Å²) in [4.78, 5) is 18.7. The maximum atomic E-state index is 5.49. The number of aryl methyl sites for hydroxylation is 1. The van der Waals surface area contributed by atoms with Crippen LogP contribution in [0.15, 0.2) is 36.9 Å². The molecule has 4 heterocycles. The highest BCUT2D eigenvalue weighted by atomic mass is 16.5. The SMILES string of the molecule is CC(c1nccn1C)C1CCCN(c2ncnc3cc(N4CCOCC4)ccc23)C1. The molecule has 2 fully saturated rings. The van der Waals surface area contributed by atoms with E-state index in [9.17, 15) is 0 Å². The number of morpholine rings is 1. The van der Waals surface area contributed by atoms with Crippen LogP contribution in [0.3, 0.4) is 0 Å². The molecule has 0 radical (unpaired) electrons. The second kappa shape index (κ2) is 8.22. The van der Waals surface area contributed by atoms with Gasteiger partial charge in [-0.05, 0) is 37.0 Å². The van der Waals surface area contributed by atoms with E-state index in [0.717, 1.165) is 56.1 Å². The highest BCUT2D eigenvalue weighted by molar-refractivity contribution is 5.91. The van der Waals surface area contributed by atoms with Crippen LogP contribution in [-0.2, 0) is 11.8 Å². The summed E-state index contributed by atoms with van der Waals surface area (Å²) in [6, 6.07) is 6.60. The lowest BCUT2D eigenvalue weighted by Crippen LogP contribution is -2.38. The van der Waals surface area contributed by atoms with Gasteiger partial charge >= 0.3 is 0 Å². The number of imidazole rings is 1. The Kier molecular flexibility index (Phi) is 5.29. The molecule has 30 heavy (non-hydrogen) atoms. The predicted octanol–water partition coefficient (Wildman–Crippen LogP) is 3.22. The standard InChI is InChI=1S/C23H30N6O/c1-17(22-24-7-9-27(22)2)18-4-3-8-29(15-18)23-20-6-5-19(14-21(20)25-16-26-23)28-10-12-30-13-11-28/h5-7,9,14,16-18H,3-4,8,10-13,15H2,1-2H3. The highest BCUT2D eigenvalue weighted by Crippen LogP contribution is 2.34. The summed E-state index contributed by atoms with van der Waals surface area (Å²) < 4.78 is 7.64. The molecule has 158 valence electrons. The average molecular weight is 407 g/mol. The van der Waals surface area contributed by atoms with Gasteiger partial charge in [0, 0.05) is 62.6 Å². The fraction of sp³-hybridized carbons (Fsp3) is 0.522. The van der Waals surface area contributed by atoms with Crippen LogP contribution in [0.2, 0.25) is 0 Å². The first-order valence-electron chi connectivity index (χ1n) is 11.0. The highest BCUT2D eigenvalue weighted by Gasteiger charge is 2.29. The molecule has 7 nitrogen and oxygen atoms in total. The summed E-state index contributed by atoms with van der Waals surface area (Å²) in [6.07, 6.45) is 8.06. The first kappa shape index (κ1) is 19.3. The minimum absolute atomic E-state index is 0.425. The lowest BCUT2D eigenvalue weighted by Gasteiger charge is -2.36. The van der Waals surface area contributed by atoms with Gasteiger partial charge in [-0.2, -0.15) is 0 Å². The van der Waals surface area contributed by atoms with Crippen LogP contribution in [0.5, 0.6) is 0 Å². The fourth-order valence-electron chi connectivity index (χ4n) is 4.94. The zero-order valence-corrected chi connectivity index (χ0v) is 17.9. The molecule has 0 amide bonds. The number of hydrogen-bond acceptors (Lipinski definition) is 6. The van der Waals surface area contributed by atoms with Crippen molar-refractivity contribution in [1.29, 1.82) is 0 Å². The summed E-state index contributed by atoms with van der Waals surface area (Å²) in [5, 5.41) is 1.14. The van der Waals surface area contributed by atoms with E-state index in [1.54, 1.807) is 6.33 Å². The average Bonchev–Trinajstić information content (AvgIpc) is 3.24. The van der Waals surface area contributed by atoms with E-state index in [4.69, 9.17) is 9.72 Å². The number of piperidine rings is 1. The second-order valence-corrected chi connectivity index (χ2v) is 8.53. The molecule has 0 N–H and O–H groups in total. The van der Waals surface area contributed by atoms with E-state index in [2.05, 4.69) is 56.5 Å². The van der Waals surface area contributed by atoms with Gasteiger partial charge in [0.15, 0.2) is 0 Å². The molecule has 3 aromatic rings. The zero-order chi connectivity index (χ0) is 20.5. The molecule has 2 aliphatic rings. The van der Waals surface area contributed by atoms with Gasteiger partial charge in [-0.15, -0.1) is 0 Å². The predicted molar refractivity (Wildman–Crippen MR) is 119 cm³/mol. The zero-order valence-electron chi connectivity index (χ0n) is 17.9. The van der Waals surface area contributed by atoms with Gasteiger partial charge in [0.05, 0.1) is 18.7 Å². The number of aromatic nitrogens is 4. The number of fused-ring (bicyclic) bond motifs is 1. The van der Waals surface area contributed by atoms with E-state index in [0.29, 0.717) is 11.8 Å². The first-order valence-corrected chi connectivity index (χ1v) is 11.0. The van der Waals surface area contributed by atoms with E-state index < -0.39 is 0 Å². The molecule has 2 unspecified atom stereocenters. The molecular weight excluding hydrogens is 376 g/mol. The van der Waals surface area contributed by atoms with Gasteiger partial charge in [0.25, 0.3) is 0 Å². The molecule has 1 aromatic carbocycles. The second-order valence-electron chi connectivity index (χ2n) is 8.53. The van der Waals surface area contributed by atoms with Crippen LogP contribution in [0.4, 0.5) is 11.5 Å². The smallest absolute Gasteiger partial charge is 0.139 e. The molecule has 0 bridgehead atoms. The third kappa shape index (κ3) is 3.62. The summed E-state index contributed by atoms with van der Waals surface area (Å²) in [6.45, 7) is 7.80. The van der Waals surface area contributed by atoms with E-state index in [1.165, 1.54) is 24.4 Å². The van der Waals surface area contributed by atoms with Gasteiger partial charge in [-0.3, -0.25) is 0 Å². The van der Waals surface area contributed by atoms with Crippen molar-refractivity contribution in [3.05, 3.63) is 42.7 Å². The fourth-order valence-corrected chi connectivity index (χ4v) is 4.94. The lowest BCUT2D eigenvalue weighted by atomic mass is 9.86. The first-order chi connectivity index (χ1) is 14.7. The number of nitrogens with zero attached hydrogens (tertiary/aromatic N) is 6.